The number of aromatic nitrogens is 1. The Morgan fingerprint density at radius 2 is 2.00 bits per heavy atom. The van der Waals surface area contributed by atoms with Crippen LogP contribution in [0.5, 0.6) is 0 Å². The van der Waals surface area contributed by atoms with Gasteiger partial charge in [0.1, 0.15) is 5.82 Å². The summed E-state index contributed by atoms with van der Waals surface area (Å²) in [6.07, 6.45) is -0.588. The maximum absolute atomic E-state index is 12.5. The molecule has 1 aromatic rings. The van der Waals surface area contributed by atoms with Crippen molar-refractivity contribution in [1.29, 1.82) is 0 Å². The van der Waals surface area contributed by atoms with Crippen molar-refractivity contribution in [3.8, 4) is 0 Å². The lowest BCUT2D eigenvalue weighted by molar-refractivity contribution is 0.155. The lowest BCUT2D eigenvalue weighted by atomic mass is 9.88. The topological polar surface area (TPSA) is 16.1 Å². The van der Waals surface area contributed by atoms with Gasteiger partial charge in [-0.2, -0.15) is 0 Å². The van der Waals surface area contributed by atoms with E-state index in [4.69, 9.17) is 0 Å². The maximum Gasteiger partial charge on any atom is 0.255 e. The summed E-state index contributed by atoms with van der Waals surface area (Å²) in [5.74, 6) is 0.600. The fourth-order valence-electron chi connectivity index (χ4n) is 1.58. The van der Waals surface area contributed by atoms with Crippen LogP contribution >= 0.6 is 15.9 Å². The van der Waals surface area contributed by atoms with Crippen LogP contribution in [0.2, 0.25) is 0 Å². The first kappa shape index (κ1) is 15.3. The van der Waals surface area contributed by atoms with Crippen LogP contribution < -0.4 is 4.90 Å². The first-order chi connectivity index (χ1) is 8.34. The van der Waals surface area contributed by atoms with Gasteiger partial charge in [0.05, 0.1) is 6.54 Å². The summed E-state index contributed by atoms with van der Waals surface area (Å²) >= 11 is 3.27. The van der Waals surface area contributed by atoms with Crippen molar-refractivity contribution in [2.24, 2.45) is 0 Å². The molecule has 0 fully saturated rings. The summed E-state index contributed by atoms with van der Waals surface area (Å²) in [6, 6.07) is 3.76. The summed E-state index contributed by atoms with van der Waals surface area (Å²) in [5, 5.41) is 0.641. The standard InChI is InChI=1S/C13H19BrF2N2/c1-13(2,3)10-4-5-12(17-8-10)18(7-6-14)9-11(15)16/h4-5,8,11H,6-7,9H2,1-3H3. The third kappa shape index (κ3) is 4.52. The van der Waals surface area contributed by atoms with E-state index in [-0.39, 0.29) is 12.0 Å². The van der Waals surface area contributed by atoms with E-state index >= 15 is 0 Å². The Balaban J connectivity index is 2.86. The molecule has 0 atom stereocenters. The molecule has 18 heavy (non-hydrogen) atoms. The minimum Gasteiger partial charge on any atom is -0.350 e. The van der Waals surface area contributed by atoms with Gasteiger partial charge >= 0.3 is 0 Å². The molecule has 0 unspecified atom stereocenters. The molecule has 0 bridgehead atoms. The predicted octanol–water partition coefficient (Wildman–Crippen LogP) is 3.85. The molecule has 1 heterocycles. The molecule has 1 aromatic heterocycles. The second kappa shape index (κ2) is 6.45. The highest BCUT2D eigenvalue weighted by Gasteiger charge is 2.16. The van der Waals surface area contributed by atoms with Crippen LogP contribution in [-0.2, 0) is 5.41 Å². The SMILES string of the molecule is CC(C)(C)c1ccc(N(CCBr)CC(F)F)nc1. The summed E-state index contributed by atoms with van der Waals surface area (Å²) in [6.45, 7) is 6.52. The molecule has 0 aliphatic carbocycles. The number of rotatable bonds is 5. The van der Waals surface area contributed by atoms with E-state index in [0.29, 0.717) is 17.7 Å². The fraction of sp³-hybridized carbons (Fsp3) is 0.615. The van der Waals surface area contributed by atoms with Crippen molar-refractivity contribution in [3.05, 3.63) is 23.9 Å². The first-order valence-corrected chi connectivity index (χ1v) is 7.02. The number of nitrogens with zero attached hydrogens (tertiary/aromatic N) is 2. The molecule has 0 amide bonds. The largest absolute Gasteiger partial charge is 0.350 e. The number of anilines is 1. The minimum atomic E-state index is -2.35. The summed E-state index contributed by atoms with van der Waals surface area (Å²) < 4.78 is 25.0. The van der Waals surface area contributed by atoms with Crippen LogP contribution in [0.15, 0.2) is 18.3 Å². The Morgan fingerprint density at radius 3 is 2.39 bits per heavy atom. The molecule has 5 heteroatoms. The number of hydrogen-bond acceptors (Lipinski definition) is 2. The lowest BCUT2D eigenvalue weighted by Crippen LogP contribution is -2.31. The summed E-state index contributed by atoms with van der Waals surface area (Å²) in [7, 11) is 0. The third-order valence-corrected chi connectivity index (χ3v) is 3.01. The molecule has 0 aromatic carbocycles. The number of halogens is 3. The predicted molar refractivity (Wildman–Crippen MR) is 74.9 cm³/mol. The molecule has 0 aliphatic heterocycles. The zero-order valence-corrected chi connectivity index (χ0v) is 12.5. The average Bonchev–Trinajstić information content (AvgIpc) is 2.27. The van der Waals surface area contributed by atoms with E-state index in [9.17, 15) is 8.78 Å². The zero-order valence-electron chi connectivity index (χ0n) is 11.0. The Kier molecular flexibility index (Phi) is 5.50. The van der Waals surface area contributed by atoms with Crippen LogP contribution in [0.1, 0.15) is 26.3 Å². The number of pyridine rings is 1. The van der Waals surface area contributed by atoms with Crippen molar-refractivity contribution in [2.75, 3.05) is 23.3 Å². The molecule has 0 saturated carbocycles. The summed E-state index contributed by atoms with van der Waals surface area (Å²) in [4.78, 5) is 5.88. The van der Waals surface area contributed by atoms with E-state index in [0.717, 1.165) is 5.56 Å². The molecule has 1 rings (SSSR count). The molecular weight excluding hydrogens is 302 g/mol. The van der Waals surface area contributed by atoms with Gasteiger partial charge in [-0.25, -0.2) is 13.8 Å². The molecule has 102 valence electrons. The van der Waals surface area contributed by atoms with Crippen LogP contribution in [-0.4, -0.2) is 29.8 Å². The van der Waals surface area contributed by atoms with Crippen LogP contribution in [0.4, 0.5) is 14.6 Å². The highest BCUT2D eigenvalue weighted by molar-refractivity contribution is 9.09. The number of hydrogen-bond donors (Lipinski definition) is 0. The Hall–Kier alpha value is -0.710. The monoisotopic (exact) mass is 320 g/mol. The highest BCUT2D eigenvalue weighted by Crippen LogP contribution is 2.23. The normalized spacial score (nSPS) is 11.9. The van der Waals surface area contributed by atoms with E-state index in [1.807, 2.05) is 12.1 Å². The summed E-state index contributed by atoms with van der Waals surface area (Å²) in [5.41, 5.74) is 1.12. The molecule has 0 N–H and O–H groups in total. The molecule has 0 saturated heterocycles. The molecule has 0 aliphatic rings. The molecule has 0 radical (unpaired) electrons. The van der Waals surface area contributed by atoms with Gasteiger partial charge in [-0.05, 0) is 17.0 Å². The fourth-order valence-corrected chi connectivity index (χ4v) is 2.01. The second-order valence-corrected chi connectivity index (χ2v) is 5.97. The van der Waals surface area contributed by atoms with Gasteiger partial charge in [-0.15, -0.1) is 0 Å². The van der Waals surface area contributed by atoms with Crippen LogP contribution in [0, 0.1) is 0 Å². The van der Waals surface area contributed by atoms with Crippen molar-refractivity contribution in [3.63, 3.8) is 0 Å². The van der Waals surface area contributed by atoms with Crippen molar-refractivity contribution in [2.45, 2.75) is 32.6 Å². The first-order valence-electron chi connectivity index (χ1n) is 5.90. The van der Waals surface area contributed by atoms with Crippen LogP contribution in [0.25, 0.3) is 0 Å². The Labute approximate surface area is 116 Å². The molecule has 2 nitrogen and oxygen atoms in total. The van der Waals surface area contributed by atoms with Gasteiger partial charge in [0.2, 0.25) is 0 Å². The maximum atomic E-state index is 12.5. The lowest BCUT2D eigenvalue weighted by Gasteiger charge is -2.24. The average molecular weight is 321 g/mol. The van der Waals surface area contributed by atoms with E-state index in [1.165, 1.54) is 0 Å². The van der Waals surface area contributed by atoms with Gasteiger partial charge in [-0.3, -0.25) is 0 Å². The van der Waals surface area contributed by atoms with Gasteiger partial charge in [-0.1, -0.05) is 42.8 Å². The van der Waals surface area contributed by atoms with Crippen molar-refractivity contribution >= 4 is 21.7 Å². The smallest absolute Gasteiger partial charge is 0.255 e. The van der Waals surface area contributed by atoms with E-state index < -0.39 is 6.43 Å². The van der Waals surface area contributed by atoms with E-state index in [2.05, 4.69) is 41.7 Å². The van der Waals surface area contributed by atoms with Gasteiger partial charge in [0.25, 0.3) is 6.43 Å². The van der Waals surface area contributed by atoms with Crippen molar-refractivity contribution < 1.29 is 8.78 Å². The zero-order chi connectivity index (χ0) is 13.8. The molecular formula is C13H19BrF2N2. The van der Waals surface area contributed by atoms with Crippen molar-refractivity contribution in [1.82, 2.24) is 4.98 Å². The van der Waals surface area contributed by atoms with Crippen LogP contribution in [0.3, 0.4) is 0 Å². The minimum absolute atomic E-state index is 0.0223. The quantitative estimate of drug-likeness (QED) is 0.766. The number of alkyl halides is 3. The third-order valence-electron chi connectivity index (χ3n) is 2.65. The highest BCUT2D eigenvalue weighted by atomic mass is 79.9. The second-order valence-electron chi connectivity index (χ2n) is 5.18. The Morgan fingerprint density at radius 1 is 1.33 bits per heavy atom. The van der Waals surface area contributed by atoms with E-state index in [1.54, 1.807) is 11.1 Å². The molecule has 0 spiro atoms. The Bertz CT molecular complexity index is 360. The van der Waals surface area contributed by atoms with Gasteiger partial charge in [0.15, 0.2) is 0 Å². The van der Waals surface area contributed by atoms with Gasteiger partial charge < -0.3 is 4.90 Å². The van der Waals surface area contributed by atoms with Gasteiger partial charge in [0, 0.05) is 18.1 Å².